The summed E-state index contributed by atoms with van der Waals surface area (Å²) in [6.45, 7) is 4.98. The van der Waals surface area contributed by atoms with Gasteiger partial charge in [0, 0.05) is 29.5 Å². The normalized spacial score (nSPS) is 15.4. The molecular formula is C25H26N2O. The van der Waals surface area contributed by atoms with E-state index in [2.05, 4.69) is 49.5 Å². The van der Waals surface area contributed by atoms with Crippen molar-refractivity contribution in [2.24, 2.45) is 0 Å². The Labute approximate surface area is 167 Å². The number of carbonyl (C=O) groups is 1. The summed E-state index contributed by atoms with van der Waals surface area (Å²) in [5.74, 6) is 0.0771. The Morgan fingerprint density at radius 3 is 2.68 bits per heavy atom. The van der Waals surface area contributed by atoms with E-state index < -0.39 is 0 Å². The molecule has 3 aromatic carbocycles. The molecule has 1 amide bonds. The zero-order valence-corrected chi connectivity index (χ0v) is 16.5. The maximum Gasteiger partial charge on any atom is 0.258 e. The zero-order chi connectivity index (χ0) is 19.5. The van der Waals surface area contributed by atoms with Gasteiger partial charge >= 0.3 is 0 Å². The van der Waals surface area contributed by atoms with Crippen molar-refractivity contribution in [2.75, 3.05) is 10.2 Å². The fourth-order valence-electron chi connectivity index (χ4n) is 4.03. The minimum absolute atomic E-state index is 0.0771. The molecule has 3 aromatic rings. The summed E-state index contributed by atoms with van der Waals surface area (Å²) in [6.07, 6.45) is 1.91. The lowest BCUT2D eigenvalue weighted by molar-refractivity contribution is 0.0981. The van der Waals surface area contributed by atoms with Gasteiger partial charge in [0.25, 0.3) is 5.91 Å². The highest BCUT2D eigenvalue weighted by molar-refractivity contribution is 6.07. The molecule has 1 aliphatic heterocycles. The van der Waals surface area contributed by atoms with Gasteiger partial charge in [-0.2, -0.15) is 0 Å². The Hall–Kier alpha value is -3.07. The van der Waals surface area contributed by atoms with Crippen LogP contribution in [0.15, 0.2) is 72.8 Å². The van der Waals surface area contributed by atoms with Crippen LogP contribution in [0.3, 0.4) is 0 Å². The first-order chi connectivity index (χ1) is 13.7. The van der Waals surface area contributed by atoms with Gasteiger partial charge in [-0.15, -0.1) is 0 Å². The van der Waals surface area contributed by atoms with E-state index >= 15 is 0 Å². The van der Waals surface area contributed by atoms with E-state index in [0.29, 0.717) is 6.54 Å². The second-order valence-electron chi connectivity index (χ2n) is 7.42. The number of amides is 1. The number of benzene rings is 3. The molecule has 142 valence electrons. The van der Waals surface area contributed by atoms with E-state index in [4.69, 9.17) is 0 Å². The van der Waals surface area contributed by atoms with Gasteiger partial charge in [0.15, 0.2) is 0 Å². The highest BCUT2D eigenvalue weighted by Gasteiger charge is 2.31. The summed E-state index contributed by atoms with van der Waals surface area (Å²) in [6, 6.07) is 24.7. The minimum Gasteiger partial charge on any atom is -0.381 e. The largest absolute Gasteiger partial charge is 0.381 e. The molecule has 28 heavy (non-hydrogen) atoms. The fourth-order valence-corrected chi connectivity index (χ4v) is 4.03. The average Bonchev–Trinajstić information content (AvgIpc) is 3.07. The molecule has 0 radical (unpaired) electrons. The first-order valence-corrected chi connectivity index (χ1v) is 9.99. The lowest BCUT2D eigenvalue weighted by atomic mass is 10.1. The molecule has 0 saturated heterocycles. The molecule has 0 spiro atoms. The van der Waals surface area contributed by atoms with Crippen LogP contribution in [0, 0.1) is 0 Å². The number of fused-ring (bicyclic) bond motifs is 1. The van der Waals surface area contributed by atoms with Crippen molar-refractivity contribution < 1.29 is 4.79 Å². The third kappa shape index (κ3) is 3.53. The predicted molar refractivity (Wildman–Crippen MR) is 116 cm³/mol. The van der Waals surface area contributed by atoms with Crippen LogP contribution in [0.1, 0.15) is 40.9 Å². The van der Waals surface area contributed by atoms with Crippen molar-refractivity contribution in [2.45, 2.75) is 39.3 Å². The predicted octanol–water partition coefficient (Wildman–Crippen LogP) is 5.45. The standard InChI is InChI=1S/C25H26N2O/c1-3-20-10-4-6-13-23(20)26-17-19-9-8-12-22(16-19)25(28)27-18(2)15-21-11-5-7-14-24(21)27/h4-14,16,18,26H,3,15,17H2,1-2H3. The highest BCUT2D eigenvalue weighted by Crippen LogP contribution is 2.33. The SMILES string of the molecule is CCc1ccccc1NCc1cccc(C(=O)N2c3ccccc3CC2C)c1. The van der Waals surface area contributed by atoms with E-state index in [1.54, 1.807) is 0 Å². The first kappa shape index (κ1) is 18.3. The maximum absolute atomic E-state index is 13.3. The van der Waals surface area contributed by atoms with Crippen LogP contribution >= 0.6 is 0 Å². The molecule has 4 rings (SSSR count). The van der Waals surface area contributed by atoms with Gasteiger partial charge in [-0.05, 0) is 60.7 Å². The molecule has 3 nitrogen and oxygen atoms in total. The summed E-state index contributed by atoms with van der Waals surface area (Å²) in [5, 5.41) is 3.52. The van der Waals surface area contributed by atoms with Crippen molar-refractivity contribution in [3.63, 3.8) is 0 Å². The Kier molecular flexibility index (Phi) is 5.16. The van der Waals surface area contributed by atoms with E-state index in [0.717, 1.165) is 35.3 Å². The number of nitrogens with one attached hydrogen (secondary N) is 1. The maximum atomic E-state index is 13.3. The Balaban J connectivity index is 1.53. The monoisotopic (exact) mass is 370 g/mol. The zero-order valence-electron chi connectivity index (χ0n) is 16.5. The number of rotatable bonds is 5. The second-order valence-corrected chi connectivity index (χ2v) is 7.42. The van der Waals surface area contributed by atoms with Gasteiger partial charge in [0.05, 0.1) is 0 Å². The van der Waals surface area contributed by atoms with Crippen LogP contribution in [0.2, 0.25) is 0 Å². The number of nitrogens with zero attached hydrogens (tertiary/aromatic N) is 1. The Bertz CT molecular complexity index is 995. The van der Waals surface area contributed by atoms with Crippen LogP contribution in [0.4, 0.5) is 11.4 Å². The smallest absolute Gasteiger partial charge is 0.258 e. The van der Waals surface area contributed by atoms with Gasteiger partial charge in [-0.25, -0.2) is 0 Å². The molecule has 1 atom stereocenters. The van der Waals surface area contributed by atoms with Gasteiger partial charge in [-0.1, -0.05) is 55.5 Å². The molecule has 0 bridgehead atoms. The van der Waals surface area contributed by atoms with E-state index in [1.807, 2.05) is 47.4 Å². The fraction of sp³-hybridized carbons (Fsp3) is 0.240. The number of carbonyl (C=O) groups excluding carboxylic acids is 1. The summed E-state index contributed by atoms with van der Waals surface area (Å²) in [7, 11) is 0. The number of anilines is 2. The summed E-state index contributed by atoms with van der Waals surface area (Å²) in [4.78, 5) is 15.2. The van der Waals surface area contributed by atoms with E-state index in [-0.39, 0.29) is 11.9 Å². The van der Waals surface area contributed by atoms with Gasteiger partial charge in [0.2, 0.25) is 0 Å². The molecule has 1 N–H and O–H groups in total. The molecule has 1 unspecified atom stereocenters. The molecule has 0 fully saturated rings. The highest BCUT2D eigenvalue weighted by atomic mass is 16.2. The lowest BCUT2D eigenvalue weighted by Gasteiger charge is -2.23. The quantitative estimate of drug-likeness (QED) is 0.647. The summed E-state index contributed by atoms with van der Waals surface area (Å²) < 4.78 is 0. The van der Waals surface area contributed by atoms with Crippen LogP contribution < -0.4 is 10.2 Å². The van der Waals surface area contributed by atoms with Crippen LogP contribution in [-0.4, -0.2) is 11.9 Å². The molecule has 0 aromatic heterocycles. The van der Waals surface area contributed by atoms with Gasteiger partial charge in [0.1, 0.15) is 0 Å². The number of aryl methyl sites for hydroxylation is 1. The van der Waals surface area contributed by atoms with Gasteiger partial charge < -0.3 is 10.2 Å². The summed E-state index contributed by atoms with van der Waals surface area (Å²) in [5.41, 5.74) is 6.60. The number of hydrogen-bond acceptors (Lipinski definition) is 2. The van der Waals surface area contributed by atoms with E-state index in [9.17, 15) is 4.79 Å². The van der Waals surface area contributed by atoms with Gasteiger partial charge in [-0.3, -0.25) is 4.79 Å². The third-order valence-electron chi connectivity index (χ3n) is 5.48. The molecule has 1 aliphatic rings. The minimum atomic E-state index is 0.0771. The molecular weight excluding hydrogens is 344 g/mol. The Morgan fingerprint density at radius 1 is 1.04 bits per heavy atom. The van der Waals surface area contributed by atoms with Crippen LogP contribution in [0.25, 0.3) is 0 Å². The summed E-state index contributed by atoms with van der Waals surface area (Å²) >= 11 is 0. The van der Waals surface area contributed by atoms with Crippen molar-refractivity contribution in [1.82, 2.24) is 0 Å². The molecule has 0 saturated carbocycles. The Morgan fingerprint density at radius 2 is 1.82 bits per heavy atom. The van der Waals surface area contributed by atoms with Crippen molar-refractivity contribution in [1.29, 1.82) is 0 Å². The topological polar surface area (TPSA) is 32.3 Å². The lowest BCUT2D eigenvalue weighted by Crippen LogP contribution is -2.35. The molecule has 3 heteroatoms. The molecule has 1 heterocycles. The van der Waals surface area contributed by atoms with Crippen LogP contribution in [0.5, 0.6) is 0 Å². The molecule has 0 aliphatic carbocycles. The second kappa shape index (κ2) is 7.89. The average molecular weight is 370 g/mol. The number of hydrogen-bond donors (Lipinski definition) is 1. The number of para-hydroxylation sites is 2. The van der Waals surface area contributed by atoms with E-state index in [1.165, 1.54) is 11.1 Å². The third-order valence-corrected chi connectivity index (χ3v) is 5.48. The van der Waals surface area contributed by atoms with Crippen LogP contribution in [-0.2, 0) is 19.4 Å². The van der Waals surface area contributed by atoms with Crippen molar-refractivity contribution >= 4 is 17.3 Å². The van der Waals surface area contributed by atoms with Crippen molar-refractivity contribution in [3.8, 4) is 0 Å². The first-order valence-electron chi connectivity index (χ1n) is 9.99. The van der Waals surface area contributed by atoms with Crippen molar-refractivity contribution in [3.05, 3.63) is 95.1 Å².